The van der Waals surface area contributed by atoms with Crippen LogP contribution in [0.25, 0.3) is 0 Å². The van der Waals surface area contributed by atoms with Crippen molar-refractivity contribution in [1.82, 2.24) is 9.97 Å². The first-order valence-electron chi connectivity index (χ1n) is 4.33. The van der Waals surface area contributed by atoms with E-state index in [9.17, 15) is 14.0 Å². The molecule has 2 rings (SSSR count). The minimum Gasteiger partial charge on any atom is -0.391 e. The molecule has 1 aliphatic heterocycles. The molecule has 1 aromatic rings. The molecule has 0 aromatic carbocycles. The van der Waals surface area contributed by atoms with E-state index in [1.165, 1.54) is 0 Å². The van der Waals surface area contributed by atoms with Crippen molar-refractivity contribution in [3.8, 4) is 0 Å². The lowest BCUT2D eigenvalue weighted by Crippen LogP contribution is -2.23. The van der Waals surface area contributed by atoms with E-state index in [1.807, 2.05) is 4.98 Å². The SMILES string of the molecule is O=c1[nH]cc(F)c(=O)[nH]1.OC1CCOC1. The maximum Gasteiger partial charge on any atom is 0.325 e. The molecular weight excluding hydrogens is 207 g/mol. The van der Waals surface area contributed by atoms with Crippen LogP contribution in [0.2, 0.25) is 0 Å². The number of aliphatic hydroxyl groups is 1. The second-order valence-corrected chi connectivity index (χ2v) is 2.94. The van der Waals surface area contributed by atoms with Crippen molar-refractivity contribution in [3.05, 3.63) is 32.9 Å². The molecule has 1 saturated heterocycles. The maximum absolute atomic E-state index is 12.0. The molecule has 0 spiro atoms. The lowest BCUT2D eigenvalue weighted by atomic mass is 10.3. The fourth-order valence-electron chi connectivity index (χ4n) is 0.915. The van der Waals surface area contributed by atoms with Gasteiger partial charge < -0.3 is 14.8 Å². The molecule has 0 bridgehead atoms. The standard InChI is InChI=1S/C4H3FN2O2.C4H8O2/c5-2-1-6-4(9)7-3(2)8;5-4-1-2-6-3-4/h1H,(H2,6,7,8,9);4-5H,1-3H2. The molecule has 0 saturated carbocycles. The number of aliphatic hydroxyl groups excluding tert-OH is 1. The minimum atomic E-state index is -1.00. The van der Waals surface area contributed by atoms with Crippen molar-refractivity contribution in [2.75, 3.05) is 13.2 Å². The van der Waals surface area contributed by atoms with Crippen LogP contribution in [-0.4, -0.2) is 34.4 Å². The Balaban J connectivity index is 0.000000162. The van der Waals surface area contributed by atoms with Crippen molar-refractivity contribution in [2.45, 2.75) is 12.5 Å². The van der Waals surface area contributed by atoms with Gasteiger partial charge in [0, 0.05) is 12.8 Å². The molecule has 1 aliphatic rings. The Kier molecular flexibility index (Phi) is 4.19. The van der Waals surface area contributed by atoms with Gasteiger partial charge in [-0.25, -0.2) is 4.79 Å². The largest absolute Gasteiger partial charge is 0.391 e. The van der Waals surface area contributed by atoms with Crippen LogP contribution in [-0.2, 0) is 4.74 Å². The number of aromatic amines is 2. The predicted octanol–water partition coefficient (Wildman–Crippen LogP) is -1.03. The van der Waals surface area contributed by atoms with Crippen LogP contribution >= 0.6 is 0 Å². The average molecular weight is 218 g/mol. The molecule has 7 heteroatoms. The van der Waals surface area contributed by atoms with E-state index in [-0.39, 0.29) is 6.10 Å². The first kappa shape index (κ1) is 11.6. The first-order chi connectivity index (χ1) is 7.09. The Bertz CT molecular complexity index is 408. The summed E-state index contributed by atoms with van der Waals surface area (Å²) >= 11 is 0. The van der Waals surface area contributed by atoms with Gasteiger partial charge in [-0.3, -0.25) is 9.78 Å². The third kappa shape index (κ3) is 4.05. The average Bonchev–Trinajstić information content (AvgIpc) is 2.64. The lowest BCUT2D eigenvalue weighted by Gasteiger charge is -1.89. The molecular formula is C8H11FN2O4. The minimum absolute atomic E-state index is 0.176. The van der Waals surface area contributed by atoms with Gasteiger partial charge in [0.05, 0.1) is 12.7 Å². The monoisotopic (exact) mass is 218 g/mol. The van der Waals surface area contributed by atoms with Crippen LogP contribution < -0.4 is 11.2 Å². The molecule has 3 N–H and O–H groups in total. The second-order valence-electron chi connectivity index (χ2n) is 2.94. The summed E-state index contributed by atoms with van der Waals surface area (Å²) in [5.74, 6) is -0.991. The van der Waals surface area contributed by atoms with Gasteiger partial charge in [-0.1, -0.05) is 0 Å². The Labute approximate surface area is 83.7 Å². The molecule has 0 radical (unpaired) electrons. The summed E-state index contributed by atoms with van der Waals surface area (Å²) in [4.78, 5) is 24.0. The van der Waals surface area contributed by atoms with Gasteiger partial charge in [0.15, 0.2) is 0 Å². The van der Waals surface area contributed by atoms with Gasteiger partial charge >= 0.3 is 5.69 Å². The zero-order valence-corrected chi connectivity index (χ0v) is 7.83. The maximum atomic E-state index is 12.0. The number of hydrogen-bond acceptors (Lipinski definition) is 4. The molecule has 0 aliphatic carbocycles. The highest BCUT2D eigenvalue weighted by Gasteiger charge is 2.09. The Hall–Kier alpha value is -1.47. The molecule has 15 heavy (non-hydrogen) atoms. The van der Waals surface area contributed by atoms with E-state index in [1.54, 1.807) is 4.98 Å². The van der Waals surface area contributed by atoms with Crippen molar-refractivity contribution >= 4 is 0 Å². The van der Waals surface area contributed by atoms with Crippen molar-refractivity contribution in [3.63, 3.8) is 0 Å². The smallest absolute Gasteiger partial charge is 0.325 e. The van der Waals surface area contributed by atoms with Crippen molar-refractivity contribution in [1.29, 1.82) is 0 Å². The first-order valence-corrected chi connectivity index (χ1v) is 4.33. The number of aromatic nitrogens is 2. The summed E-state index contributed by atoms with van der Waals surface area (Å²) in [6, 6.07) is 0. The third-order valence-electron chi connectivity index (χ3n) is 1.68. The molecule has 1 fully saturated rings. The van der Waals surface area contributed by atoms with E-state index in [0.717, 1.165) is 13.0 Å². The van der Waals surface area contributed by atoms with E-state index in [2.05, 4.69) is 0 Å². The molecule has 1 unspecified atom stereocenters. The molecule has 2 heterocycles. The van der Waals surface area contributed by atoms with Gasteiger partial charge in [0.2, 0.25) is 5.82 Å². The van der Waals surface area contributed by atoms with Crippen molar-refractivity contribution in [2.24, 2.45) is 0 Å². The highest BCUT2D eigenvalue weighted by Crippen LogP contribution is 2.00. The normalized spacial score (nSPS) is 19.5. The fourth-order valence-corrected chi connectivity index (χ4v) is 0.915. The summed E-state index contributed by atoms with van der Waals surface area (Å²) < 4.78 is 16.8. The zero-order chi connectivity index (χ0) is 11.3. The number of H-pyrrole nitrogens is 2. The van der Waals surface area contributed by atoms with E-state index < -0.39 is 17.1 Å². The summed E-state index contributed by atoms with van der Waals surface area (Å²) in [6.07, 6.45) is 1.35. The van der Waals surface area contributed by atoms with Gasteiger partial charge in [0.25, 0.3) is 5.56 Å². The third-order valence-corrected chi connectivity index (χ3v) is 1.68. The van der Waals surface area contributed by atoms with Crippen LogP contribution in [0.15, 0.2) is 15.8 Å². The van der Waals surface area contributed by atoms with Crippen molar-refractivity contribution < 1.29 is 14.2 Å². The quantitative estimate of drug-likeness (QED) is 0.519. The van der Waals surface area contributed by atoms with Gasteiger partial charge in [-0.2, -0.15) is 4.39 Å². The fraction of sp³-hybridized carbons (Fsp3) is 0.500. The number of ether oxygens (including phenoxy) is 1. The van der Waals surface area contributed by atoms with Crippen LogP contribution in [0, 0.1) is 5.82 Å². The zero-order valence-electron chi connectivity index (χ0n) is 7.83. The summed E-state index contributed by atoms with van der Waals surface area (Å²) in [5, 5.41) is 8.60. The molecule has 6 nitrogen and oxygen atoms in total. The number of rotatable bonds is 0. The van der Waals surface area contributed by atoms with Crippen LogP contribution in [0.4, 0.5) is 4.39 Å². The Morgan fingerprint density at radius 1 is 1.53 bits per heavy atom. The number of nitrogens with one attached hydrogen (secondary N) is 2. The van der Waals surface area contributed by atoms with Gasteiger partial charge in [0.1, 0.15) is 0 Å². The molecule has 0 amide bonds. The second kappa shape index (κ2) is 5.42. The van der Waals surface area contributed by atoms with E-state index >= 15 is 0 Å². The van der Waals surface area contributed by atoms with Crippen LogP contribution in [0.3, 0.4) is 0 Å². The van der Waals surface area contributed by atoms with Crippen LogP contribution in [0.1, 0.15) is 6.42 Å². The summed E-state index contributed by atoms with van der Waals surface area (Å²) in [6.45, 7) is 1.28. The molecule has 1 aromatic heterocycles. The van der Waals surface area contributed by atoms with E-state index in [4.69, 9.17) is 9.84 Å². The number of hydrogen-bond donors (Lipinski definition) is 3. The van der Waals surface area contributed by atoms with Gasteiger partial charge in [-0.15, -0.1) is 0 Å². The molecule has 1 atom stereocenters. The summed E-state index contributed by atoms with van der Waals surface area (Å²) in [5.41, 5.74) is -1.71. The summed E-state index contributed by atoms with van der Waals surface area (Å²) in [7, 11) is 0. The number of halogens is 1. The highest BCUT2D eigenvalue weighted by molar-refractivity contribution is 4.83. The topological polar surface area (TPSA) is 95.2 Å². The van der Waals surface area contributed by atoms with Crippen LogP contribution in [0.5, 0.6) is 0 Å². The van der Waals surface area contributed by atoms with Gasteiger partial charge in [-0.05, 0) is 6.42 Å². The molecule has 84 valence electrons. The predicted molar refractivity (Wildman–Crippen MR) is 49.1 cm³/mol. The lowest BCUT2D eigenvalue weighted by molar-refractivity contribution is 0.127. The highest BCUT2D eigenvalue weighted by atomic mass is 19.1. The van der Waals surface area contributed by atoms with E-state index in [0.29, 0.717) is 12.8 Å². The Morgan fingerprint density at radius 3 is 2.60 bits per heavy atom. The Morgan fingerprint density at radius 2 is 2.27 bits per heavy atom.